The van der Waals surface area contributed by atoms with Crippen LogP contribution in [0.3, 0.4) is 0 Å². The van der Waals surface area contributed by atoms with Crippen LogP contribution in [0.2, 0.25) is 0 Å². The van der Waals surface area contributed by atoms with Crippen molar-refractivity contribution in [3.05, 3.63) is 0 Å². The second-order valence-corrected chi connectivity index (χ2v) is 7.69. The number of alkyl halides is 1. The van der Waals surface area contributed by atoms with E-state index in [9.17, 15) is 5.11 Å². The van der Waals surface area contributed by atoms with E-state index < -0.39 is 0 Å². The van der Waals surface area contributed by atoms with Gasteiger partial charge in [0.2, 0.25) is 0 Å². The molecule has 0 aromatic rings. The third kappa shape index (κ3) is 2.58. The van der Waals surface area contributed by atoms with Gasteiger partial charge in [0.05, 0.1) is 0 Å². The maximum atomic E-state index is 9.62. The molecule has 0 radical (unpaired) electrons. The van der Waals surface area contributed by atoms with E-state index >= 15 is 0 Å². The number of hydrogen-bond donors (Lipinski definition) is 1. The predicted octanol–water partition coefficient (Wildman–Crippen LogP) is 3.98. The first kappa shape index (κ1) is 13.5. The molecular weight excluding hydrogens is 252 g/mol. The first-order valence-electron chi connectivity index (χ1n) is 5.77. The summed E-state index contributed by atoms with van der Waals surface area (Å²) in [5.41, 5.74) is 0.235. The van der Waals surface area contributed by atoms with E-state index in [4.69, 9.17) is 0 Å². The number of aliphatic hydroxyl groups excluding tert-OH is 1. The zero-order valence-electron chi connectivity index (χ0n) is 9.22. The van der Waals surface area contributed by atoms with Gasteiger partial charge < -0.3 is 5.11 Å². The molecule has 2 unspecified atom stereocenters. The van der Waals surface area contributed by atoms with Gasteiger partial charge in [-0.2, -0.15) is 0 Å². The standard InChI is InChI=1S/C12H21BrO.CH4/c1-9-3-11(8-14)4-10(2)6-12(13,5-9)7-11;/h9-10,14H,3-8H2,1-2H3;1H4. The Morgan fingerprint density at radius 2 is 1.60 bits per heavy atom. The maximum absolute atomic E-state index is 9.62. The van der Waals surface area contributed by atoms with E-state index in [0.717, 1.165) is 11.8 Å². The van der Waals surface area contributed by atoms with Crippen LogP contribution in [0, 0.1) is 17.3 Å². The molecule has 2 heteroatoms. The molecule has 2 rings (SSSR count). The molecule has 0 aliphatic heterocycles. The number of hydrogen-bond acceptors (Lipinski definition) is 1. The molecule has 2 fully saturated rings. The van der Waals surface area contributed by atoms with Gasteiger partial charge in [0, 0.05) is 10.9 Å². The average molecular weight is 277 g/mol. The lowest BCUT2D eigenvalue weighted by Gasteiger charge is -2.53. The van der Waals surface area contributed by atoms with Crippen molar-refractivity contribution in [1.29, 1.82) is 0 Å². The predicted molar refractivity (Wildman–Crippen MR) is 69.3 cm³/mol. The number of fused-ring (bicyclic) bond motifs is 2. The summed E-state index contributed by atoms with van der Waals surface area (Å²) in [7, 11) is 0. The lowest BCUT2D eigenvalue weighted by Crippen LogP contribution is -2.48. The van der Waals surface area contributed by atoms with E-state index in [1.54, 1.807) is 0 Å². The summed E-state index contributed by atoms with van der Waals surface area (Å²) in [6.07, 6.45) is 6.21. The third-order valence-corrected chi connectivity index (χ3v) is 4.95. The fraction of sp³-hybridized carbons (Fsp3) is 1.00. The average Bonchev–Trinajstić information content (AvgIpc) is 1.99. The van der Waals surface area contributed by atoms with Crippen LogP contribution in [0.15, 0.2) is 0 Å². The lowest BCUT2D eigenvalue weighted by molar-refractivity contribution is -0.00934. The zero-order valence-corrected chi connectivity index (χ0v) is 10.8. The molecule has 2 aliphatic rings. The molecule has 0 aromatic carbocycles. The second kappa shape index (κ2) is 4.37. The van der Waals surface area contributed by atoms with Gasteiger partial charge >= 0.3 is 0 Å². The van der Waals surface area contributed by atoms with Gasteiger partial charge in [-0.05, 0) is 49.4 Å². The summed E-state index contributed by atoms with van der Waals surface area (Å²) in [6, 6.07) is 0. The van der Waals surface area contributed by atoms with Crippen LogP contribution in [-0.2, 0) is 0 Å². The van der Waals surface area contributed by atoms with E-state index in [2.05, 4.69) is 29.8 Å². The Labute approximate surface area is 103 Å². The second-order valence-electron chi connectivity index (χ2n) is 6.01. The molecule has 1 N–H and O–H groups in total. The lowest BCUT2D eigenvalue weighted by atomic mass is 9.57. The van der Waals surface area contributed by atoms with Gasteiger partial charge in [0.15, 0.2) is 0 Å². The van der Waals surface area contributed by atoms with Gasteiger partial charge in [-0.25, -0.2) is 0 Å². The molecule has 1 nitrogen and oxygen atoms in total. The smallest absolute Gasteiger partial charge is 0.0488 e. The molecule has 2 aliphatic carbocycles. The highest BCUT2D eigenvalue weighted by molar-refractivity contribution is 9.10. The Morgan fingerprint density at radius 1 is 1.13 bits per heavy atom. The summed E-state index contributed by atoms with van der Waals surface area (Å²) >= 11 is 3.93. The van der Waals surface area contributed by atoms with E-state index in [1.807, 2.05) is 0 Å². The van der Waals surface area contributed by atoms with E-state index in [0.29, 0.717) is 10.9 Å². The Bertz CT molecular complexity index is 213. The molecule has 0 aromatic heterocycles. The molecule has 2 atom stereocenters. The summed E-state index contributed by atoms with van der Waals surface area (Å²) < 4.78 is 0.338. The molecular formula is C13H25BrO. The molecule has 2 saturated carbocycles. The van der Waals surface area contributed by atoms with Crippen LogP contribution in [0.5, 0.6) is 0 Å². The first-order chi connectivity index (χ1) is 6.47. The van der Waals surface area contributed by atoms with Crippen LogP contribution >= 0.6 is 15.9 Å². The normalized spacial score (nSPS) is 49.6. The minimum Gasteiger partial charge on any atom is -0.396 e. The zero-order chi connectivity index (χ0) is 10.4. The topological polar surface area (TPSA) is 20.2 Å². The van der Waals surface area contributed by atoms with Crippen molar-refractivity contribution in [1.82, 2.24) is 0 Å². The van der Waals surface area contributed by atoms with Crippen molar-refractivity contribution in [2.75, 3.05) is 6.61 Å². The van der Waals surface area contributed by atoms with Gasteiger partial charge in [0.25, 0.3) is 0 Å². The number of halogens is 1. The minimum absolute atomic E-state index is 0. The largest absolute Gasteiger partial charge is 0.396 e. The molecule has 2 bridgehead atoms. The van der Waals surface area contributed by atoms with Gasteiger partial charge in [0.1, 0.15) is 0 Å². The van der Waals surface area contributed by atoms with Gasteiger partial charge in [-0.3, -0.25) is 0 Å². The highest BCUT2D eigenvalue weighted by Gasteiger charge is 2.50. The van der Waals surface area contributed by atoms with Crippen LogP contribution < -0.4 is 0 Å². The Hall–Kier alpha value is 0.440. The van der Waals surface area contributed by atoms with Crippen molar-refractivity contribution < 1.29 is 5.11 Å². The first-order valence-corrected chi connectivity index (χ1v) is 6.56. The van der Waals surface area contributed by atoms with Crippen LogP contribution in [-0.4, -0.2) is 16.0 Å². The Morgan fingerprint density at radius 3 is 2.00 bits per heavy atom. The van der Waals surface area contributed by atoms with Gasteiger partial charge in [-0.15, -0.1) is 0 Å². The van der Waals surface area contributed by atoms with Crippen molar-refractivity contribution in [3.63, 3.8) is 0 Å². The highest BCUT2D eigenvalue weighted by Crippen LogP contribution is 2.57. The van der Waals surface area contributed by atoms with E-state index in [1.165, 1.54) is 32.1 Å². The Balaban J connectivity index is 0.00000112. The SMILES string of the molecule is C.CC1CC2(Br)CC(C)CC(CO)(C1)C2. The summed E-state index contributed by atoms with van der Waals surface area (Å²) in [6.45, 7) is 5.04. The molecule has 0 spiro atoms. The fourth-order valence-corrected chi connectivity index (χ4v) is 5.88. The van der Waals surface area contributed by atoms with Crippen LogP contribution in [0.4, 0.5) is 0 Å². The van der Waals surface area contributed by atoms with Crippen molar-refractivity contribution in [2.45, 2.75) is 57.7 Å². The number of rotatable bonds is 1. The molecule has 0 amide bonds. The van der Waals surface area contributed by atoms with Crippen molar-refractivity contribution in [3.8, 4) is 0 Å². The summed E-state index contributed by atoms with van der Waals surface area (Å²) in [5, 5.41) is 9.62. The van der Waals surface area contributed by atoms with Crippen LogP contribution in [0.1, 0.15) is 53.4 Å². The maximum Gasteiger partial charge on any atom is 0.0488 e. The summed E-state index contributed by atoms with van der Waals surface area (Å²) in [5.74, 6) is 1.53. The van der Waals surface area contributed by atoms with E-state index in [-0.39, 0.29) is 12.8 Å². The van der Waals surface area contributed by atoms with Crippen molar-refractivity contribution in [2.24, 2.45) is 17.3 Å². The molecule has 0 saturated heterocycles. The Kier molecular flexibility index (Phi) is 3.93. The quantitative estimate of drug-likeness (QED) is 0.719. The number of aliphatic hydroxyl groups is 1. The van der Waals surface area contributed by atoms with Crippen molar-refractivity contribution >= 4 is 15.9 Å². The van der Waals surface area contributed by atoms with Crippen LogP contribution in [0.25, 0.3) is 0 Å². The monoisotopic (exact) mass is 276 g/mol. The fourth-order valence-electron chi connectivity index (χ4n) is 4.18. The highest BCUT2D eigenvalue weighted by atomic mass is 79.9. The molecule has 90 valence electrons. The molecule has 0 heterocycles. The summed E-state index contributed by atoms with van der Waals surface area (Å²) in [4.78, 5) is 0. The molecule has 15 heavy (non-hydrogen) atoms. The third-order valence-electron chi connectivity index (χ3n) is 4.02. The van der Waals surface area contributed by atoms with Gasteiger partial charge in [-0.1, -0.05) is 37.2 Å². The minimum atomic E-state index is 0.